The number of carbonyl (C=O) groups excluding carboxylic acids is 3. The molecule has 2 saturated heterocycles. The maximum atomic E-state index is 13.0. The van der Waals surface area contributed by atoms with Gasteiger partial charge < -0.3 is 24.6 Å². The van der Waals surface area contributed by atoms with Gasteiger partial charge in [-0.05, 0) is 49.2 Å². The molecule has 9 heteroatoms. The summed E-state index contributed by atoms with van der Waals surface area (Å²) < 4.78 is 10.8. The lowest BCUT2D eigenvalue weighted by molar-refractivity contribution is -0.122. The van der Waals surface area contributed by atoms with E-state index in [0.717, 1.165) is 12.8 Å². The standard InChI is InChI=1S/C24H26ClN3O5/c1-32-20-8-6-16(25)12-18(20)28-14-15(11-23(28)30)24(31)26-17-7-9-21(33-2)19(13-17)27-10-4-3-5-22(27)29/h6-9,12-13,15H,3-5,10-11,14H2,1-2H3,(H,26,31). The third kappa shape index (κ3) is 4.75. The Morgan fingerprint density at radius 3 is 2.36 bits per heavy atom. The van der Waals surface area contributed by atoms with Crippen LogP contribution >= 0.6 is 11.6 Å². The van der Waals surface area contributed by atoms with E-state index in [4.69, 9.17) is 21.1 Å². The first-order valence-corrected chi connectivity index (χ1v) is 11.2. The molecule has 0 radical (unpaired) electrons. The quantitative estimate of drug-likeness (QED) is 0.691. The highest BCUT2D eigenvalue weighted by molar-refractivity contribution is 6.31. The molecule has 0 aliphatic carbocycles. The molecule has 2 heterocycles. The second kappa shape index (κ2) is 9.70. The topological polar surface area (TPSA) is 88.2 Å². The summed E-state index contributed by atoms with van der Waals surface area (Å²) in [5.41, 5.74) is 1.72. The van der Waals surface area contributed by atoms with Crippen molar-refractivity contribution in [1.82, 2.24) is 0 Å². The molecule has 33 heavy (non-hydrogen) atoms. The van der Waals surface area contributed by atoms with Gasteiger partial charge in [0.1, 0.15) is 11.5 Å². The summed E-state index contributed by atoms with van der Waals surface area (Å²) in [4.78, 5) is 41.3. The Hall–Kier alpha value is -3.26. The van der Waals surface area contributed by atoms with Crippen LogP contribution in [0.3, 0.4) is 0 Å². The molecule has 1 atom stereocenters. The summed E-state index contributed by atoms with van der Waals surface area (Å²) in [6.07, 6.45) is 2.36. The second-order valence-corrected chi connectivity index (χ2v) is 8.54. The molecule has 0 spiro atoms. The van der Waals surface area contributed by atoms with Gasteiger partial charge in [0.25, 0.3) is 0 Å². The third-order valence-electron chi connectivity index (χ3n) is 5.99. The van der Waals surface area contributed by atoms with Crippen LogP contribution in [0.25, 0.3) is 0 Å². The van der Waals surface area contributed by atoms with E-state index < -0.39 is 5.92 Å². The summed E-state index contributed by atoms with van der Waals surface area (Å²) in [5, 5.41) is 3.37. The molecule has 0 aromatic heterocycles. The first-order valence-electron chi connectivity index (χ1n) is 10.8. The molecule has 2 aromatic rings. The fraction of sp³-hybridized carbons (Fsp3) is 0.375. The molecule has 2 aromatic carbocycles. The number of piperidine rings is 1. The molecule has 2 fully saturated rings. The maximum absolute atomic E-state index is 13.0. The summed E-state index contributed by atoms with van der Waals surface area (Å²) in [6.45, 7) is 0.829. The molecule has 2 aliphatic heterocycles. The molecule has 3 amide bonds. The number of rotatable bonds is 6. The smallest absolute Gasteiger partial charge is 0.229 e. The van der Waals surface area contributed by atoms with Crippen molar-refractivity contribution >= 4 is 46.4 Å². The van der Waals surface area contributed by atoms with Crippen molar-refractivity contribution in [3.05, 3.63) is 41.4 Å². The third-order valence-corrected chi connectivity index (χ3v) is 6.22. The molecular weight excluding hydrogens is 446 g/mol. The minimum absolute atomic E-state index is 0.0375. The van der Waals surface area contributed by atoms with Gasteiger partial charge in [-0.2, -0.15) is 0 Å². The van der Waals surface area contributed by atoms with E-state index in [1.165, 1.54) is 12.0 Å². The Morgan fingerprint density at radius 2 is 1.67 bits per heavy atom. The van der Waals surface area contributed by atoms with Crippen LogP contribution in [0.1, 0.15) is 25.7 Å². The van der Waals surface area contributed by atoms with Gasteiger partial charge in [0.2, 0.25) is 17.7 Å². The number of nitrogens with one attached hydrogen (secondary N) is 1. The maximum Gasteiger partial charge on any atom is 0.229 e. The van der Waals surface area contributed by atoms with Crippen LogP contribution in [0.4, 0.5) is 17.1 Å². The number of hydrogen-bond acceptors (Lipinski definition) is 5. The van der Waals surface area contributed by atoms with Crippen molar-refractivity contribution in [2.75, 3.05) is 42.4 Å². The SMILES string of the molecule is COc1ccc(NC(=O)C2CC(=O)N(c3cc(Cl)ccc3OC)C2)cc1N1CCCCC1=O. The first kappa shape index (κ1) is 22.9. The van der Waals surface area contributed by atoms with Crippen LogP contribution in [0.15, 0.2) is 36.4 Å². The van der Waals surface area contributed by atoms with E-state index >= 15 is 0 Å². The second-order valence-electron chi connectivity index (χ2n) is 8.10. The first-order chi connectivity index (χ1) is 15.9. The fourth-order valence-electron chi connectivity index (χ4n) is 4.27. The number of anilines is 3. The zero-order chi connectivity index (χ0) is 23.5. The molecule has 1 N–H and O–H groups in total. The number of halogens is 1. The van der Waals surface area contributed by atoms with Gasteiger partial charge in [-0.3, -0.25) is 14.4 Å². The Kier molecular flexibility index (Phi) is 6.74. The fourth-order valence-corrected chi connectivity index (χ4v) is 4.44. The van der Waals surface area contributed by atoms with E-state index in [1.807, 2.05) is 0 Å². The lowest BCUT2D eigenvalue weighted by Crippen LogP contribution is -2.35. The van der Waals surface area contributed by atoms with Crippen molar-refractivity contribution < 1.29 is 23.9 Å². The Balaban J connectivity index is 1.51. The lowest BCUT2D eigenvalue weighted by atomic mass is 10.1. The number of carbonyl (C=O) groups is 3. The van der Waals surface area contributed by atoms with Gasteiger partial charge in [0, 0.05) is 36.6 Å². The number of benzene rings is 2. The molecule has 2 aliphatic rings. The van der Waals surface area contributed by atoms with E-state index in [0.29, 0.717) is 46.5 Å². The Bertz CT molecular complexity index is 1090. The van der Waals surface area contributed by atoms with Gasteiger partial charge in [-0.1, -0.05) is 11.6 Å². The monoisotopic (exact) mass is 471 g/mol. The Labute approximate surface area is 197 Å². The van der Waals surface area contributed by atoms with Crippen LogP contribution in [0, 0.1) is 5.92 Å². The Morgan fingerprint density at radius 1 is 0.970 bits per heavy atom. The van der Waals surface area contributed by atoms with Crippen molar-refractivity contribution in [3.63, 3.8) is 0 Å². The summed E-state index contributed by atoms with van der Waals surface area (Å²) in [6, 6.07) is 10.2. The number of hydrogen-bond donors (Lipinski definition) is 1. The molecule has 1 unspecified atom stereocenters. The molecule has 8 nitrogen and oxygen atoms in total. The van der Waals surface area contributed by atoms with Crippen LogP contribution in [0.2, 0.25) is 5.02 Å². The predicted octanol–water partition coefficient (Wildman–Crippen LogP) is 3.87. The van der Waals surface area contributed by atoms with Crippen LogP contribution in [-0.2, 0) is 14.4 Å². The number of methoxy groups -OCH3 is 2. The minimum atomic E-state index is -0.539. The van der Waals surface area contributed by atoms with E-state index in [9.17, 15) is 14.4 Å². The minimum Gasteiger partial charge on any atom is -0.495 e. The van der Waals surface area contributed by atoms with Gasteiger partial charge in [-0.15, -0.1) is 0 Å². The highest BCUT2D eigenvalue weighted by Crippen LogP contribution is 2.36. The van der Waals surface area contributed by atoms with Crippen molar-refractivity contribution in [2.24, 2.45) is 5.92 Å². The zero-order valence-corrected chi connectivity index (χ0v) is 19.4. The normalized spacial score (nSPS) is 18.5. The molecule has 174 valence electrons. The number of nitrogens with zero attached hydrogens (tertiary/aromatic N) is 2. The van der Waals surface area contributed by atoms with Gasteiger partial charge in [0.15, 0.2) is 0 Å². The molecule has 0 bridgehead atoms. The van der Waals surface area contributed by atoms with Crippen molar-refractivity contribution in [1.29, 1.82) is 0 Å². The summed E-state index contributed by atoms with van der Waals surface area (Å²) in [5.74, 6) is 0.134. The molecule has 0 saturated carbocycles. The molecular formula is C24H26ClN3O5. The van der Waals surface area contributed by atoms with Crippen LogP contribution in [-0.4, -0.2) is 45.0 Å². The van der Waals surface area contributed by atoms with E-state index in [-0.39, 0.29) is 30.7 Å². The largest absolute Gasteiger partial charge is 0.495 e. The van der Waals surface area contributed by atoms with E-state index in [1.54, 1.807) is 48.4 Å². The highest BCUT2D eigenvalue weighted by Gasteiger charge is 2.36. The number of ether oxygens (including phenoxy) is 2. The predicted molar refractivity (Wildman–Crippen MR) is 126 cm³/mol. The van der Waals surface area contributed by atoms with Crippen molar-refractivity contribution in [2.45, 2.75) is 25.7 Å². The summed E-state index contributed by atoms with van der Waals surface area (Å²) in [7, 11) is 3.07. The summed E-state index contributed by atoms with van der Waals surface area (Å²) >= 11 is 6.11. The lowest BCUT2D eigenvalue weighted by Gasteiger charge is -2.28. The van der Waals surface area contributed by atoms with Gasteiger partial charge in [0.05, 0.1) is 31.5 Å². The highest BCUT2D eigenvalue weighted by atomic mass is 35.5. The van der Waals surface area contributed by atoms with Crippen molar-refractivity contribution in [3.8, 4) is 11.5 Å². The molecule has 4 rings (SSSR count). The van der Waals surface area contributed by atoms with Gasteiger partial charge >= 0.3 is 0 Å². The average molecular weight is 472 g/mol. The average Bonchev–Trinajstić information content (AvgIpc) is 3.21. The zero-order valence-electron chi connectivity index (χ0n) is 18.6. The number of amides is 3. The van der Waals surface area contributed by atoms with Gasteiger partial charge in [-0.25, -0.2) is 0 Å². The van der Waals surface area contributed by atoms with Crippen LogP contribution in [0.5, 0.6) is 11.5 Å². The van der Waals surface area contributed by atoms with Crippen LogP contribution < -0.4 is 24.6 Å². The van der Waals surface area contributed by atoms with E-state index in [2.05, 4.69) is 5.32 Å².